The maximum atomic E-state index is 12.4. The maximum absolute atomic E-state index is 12.4. The minimum atomic E-state index is -0.303. The van der Waals surface area contributed by atoms with E-state index in [1.807, 2.05) is 43.3 Å². The van der Waals surface area contributed by atoms with Crippen molar-refractivity contribution >= 4 is 23.4 Å². The molecule has 3 N–H and O–H groups in total. The first kappa shape index (κ1) is 22.7. The summed E-state index contributed by atoms with van der Waals surface area (Å²) < 4.78 is 0. The smallest absolute Gasteiger partial charge is 0.255 e. The second-order valence-corrected chi connectivity index (χ2v) is 7.74. The summed E-state index contributed by atoms with van der Waals surface area (Å²) in [5, 5.41) is 8.56. The molecule has 0 heterocycles. The fraction of sp³-hybridized carbons (Fsp3) is 0.192. The highest BCUT2D eigenvalue weighted by Crippen LogP contribution is 2.13. The Labute approximate surface area is 188 Å². The number of carbonyl (C=O) groups is 3. The first-order chi connectivity index (χ1) is 15.4. The lowest BCUT2D eigenvalue weighted by molar-refractivity contribution is -0.121. The lowest BCUT2D eigenvalue weighted by atomic mass is 10.1. The molecular formula is C26H27N3O3. The van der Waals surface area contributed by atoms with Crippen LogP contribution in [0.4, 0.5) is 5.69 Å². The van der Waals surface area contributed by atoms with Gasteiger partial charge in [-0.1, -0.05) is 48.0 Å². The van der Waals surface area contributed by atoms with E-state index < -0.39 is 0 Å². The SMILES string of the molecule is Cc1ccc(C(=O)Nc2cccc(CNC(=O)CC(C)NC(=O)c3ccccc3)c2)cc1. The average Bonchev–Trinajstić information content (AvgIpc) is 2.79. The van der Waals surface area contributed by atoms with Crippen molar-refractivity contribution in [2.45, 2.75) is 32.9 Å². The zero-order chi connectivity index (χ0) is 22.9. The van der Waals surface area contributed by atoms with Gasteiger partial charge in [0.05, 0.1) is 0 Å². The highest BCUT2D eigenvalue weighted by atomic mass is 16.2. The third-order valence-electron chi connectivity index (χ3n) is 4.89. The zero-order valence-electron chi connectivity index (χ0n) is 18.2. The highest BCUT2D eigenvalue weighted by molar-refractivity contribution is 6.04. The van der Waals surface area contributed by atoms with Crippen LogP contribution in [-0.4, -0.2) is 23.8 Å². The summed E-state index contributed by atoms with van der Waals surface area (Å²) in [6.07, 6.45) is 0.169. The average molecular weight is 430 g/mol. The number of aryl methyl sites for hydroxylation is 1. The molecule has 0 saturated heterocycles. The summed E-state index contributed by atoms with van der Waals surface area (Å²) in [4.78, 5) is 36.9. The van der Waals surface area contributed by atoms with E-state index >= 15 is 0 Å². The van der Waals surface area contributed by atoms with Gasteiger partial charge in [0, 0.05) is 35.8 Å². The fourth-order valence-electron chi connectivity index (χ4n) is 3.17. The van der Waals surface area contributed by atoms with Crippen molar-refractivity contribution in [2.75, 3.05) is 5.32 Å². The van der Waals surface area contributed by atoms with Crippen LogP contribution in [0.5, 0.6) is 0 Å². The van der Waals surface area contributed by atoms with Crippen molar-refractivity contribution < 1.29 is 14.4 Å². The Morgan fingerprint density at radius 2 is 1.50 bits per heavy atom. The Kier molecular flexibility index (Phi) is 7.75. The van der Waals surface area contributed by atoms with Gasteiger partial charge in [-0.15, -0.1) is 0 Å². The van der Waals surface area contributed by atoms with Gasteiger partial charge in [-0.05, 0) is 55.8 Å². The monoisotopic (exact) mass is 429 g/mol. The van der Waals surface area contributed by atoms with Crippen molar-refractivity contribution in [3.63, 3.8) is 0 Å². The Balaban J connectivity index is 1.48. The molecule has 1 unspecified atom stereocenters. The van der Waals surface area contributed by atoms with Crippen LogP contribution in [0.3, 0.4) is 0 Å². The molecule has 0 aliphatic heterocycles. The first-order valence-corrected chi connectivity index (χ1v) is 10.5. The largest absolute Gasteiger partial charge is 0.352 e. The lowest BCUT2D eigenvalue weighted by Crippen LogP contribution is -2.37. The van der Waals surface area contributed by atoms with E-state index in [2.05, 4.69) is 16.0 Å². The summed E-state index contributed by atoms with van der Waals surface area (Å²) in [5.74, 6) is -0.558. The summed E-state index contributed by atoms with van der Waals surface area (Å²) in [6, 6.07) is 23.3. The van der Waals surface area contributed by atoms with Crippen molar-refractivity contribution in [2.24, 2.45) is 0 Å². The molecule has 6 heteroatoms. The molecule has 0 spiro atoms. The van der Waals surface area contributed by atoms with Gasteiger partial charge < -0.3 is 16.0 Å². The molecule has 0 radical (unpaired) electrons. The van der Waals surface area contributed by atoms with Crippen LogP contribution in [0, 0.1) is 6.92 Å². The van der Waals surface area contributed by atoms with Crippen molar-refractivity contribution in [3.05, 3.63) is 101 Å². The number of rotatable bonds is 8. The van der Waals surface area contributed by atoms with Gasteiger partial charge in [-0.25, -0.2) is 0 Å². The normalized spacial score (nSPS) is 11.3. The summed E-state index contributed by atoms with van der Waals surface area (Å²) >= 11 is 0. The Morgan fingerprint density at radius 3 is 2.22 bits per heavy atom. The van der Waals surface area contributed by atoms with E-state index in [0.717, 1.165) is 11.1 Å². The van der Waals surface area contributed by atoms with Crippen LogP contribution in [0.2, 0.25) is 0 Å². The number of hydrogen-bond donors (Lipinski definition) is 3. The van der Waals surface area contributed by atoms with E-state index in [0.29, 0.717) is 23.4 Å². The molecule has 0 bridgehead atoms. The molecule has 164 valence electrons. The number of hydrogen-bond acceptors (Lipinski definition) is 3. The summed E-state index contributed by atoms with van der Waals surface area (Å²) in [6.45, 7) is 4.09. The molecular weight excluding hydrogens is 402 g/mol. The van der Waals surface area contributed by atoms with Gasteiger partial charge in [0.1, 0.15) is 0 Å². The van der Waals surface area contributed by atoms with Crippen LogP contribution in [0.1, 0.15) is 45.2 Å². The first-order valence-electron chi connectivity index (χ1n) is 10.5. The summed E-state index contributed by atoms with van der Waals surface area (Å²) in [7, 11) is 0. The van der Waals surface area contributed by atoms with E-state index in [9.17, 15) is 14.4 Å². The molecule has 0 aromatic heterocycles. The van der Waals surface area contributed by atoms with E-state index in [4.69, 9.17) is 0 Å². The molecule has 0 fully saturated rings. The van der Waals surface area contributed by atoms with E-state index in [1.54, 1.807) is 49.4 Å². The molecule has 3 aromatic rings. The van der Waals surface area contributed by atoms with Crippen LogP contribution >= 0.6 is 0 Å². The predicted octanol–water partition coefficient (Wildman–Crippen LogP) is 4.07. The summed E-state index contributed by atoms with van der Waals surface area (Å²) in [5.41, 5.74) is 3.75. The lowest BCUT2D eigenvalue weighted by Gasteiger charge is -2.14. The van der Waals surface area contributed by atoms with Crippen molar-refractivity contribution in [3.8, 4) is 0 Å². The van der Waals surface area contributed by atoms with Crippen LogP contribution < -0.4 is 16.0 Å². The second-order valence-electron chi connectivity index (χ2n) is 7.74. The van der Waals surface area contributed by atoms with Gasteiger partial charge in [0.15, 0.2) is 0 Å². The number of anilines is 1. The van der Waals surface area contributed by atoms with Gasteiger partial charge in [0.2, 0.25) is 5.91 Å². The maximum Gasteiger partial charge on any atom is 0.255 e. The topological polar surface area (TPSA) is 87.3 Å². The molecule has 0 aliphatic rings. The minimum absolute atomic E-state index is 0.167. The molecule has 0 saturated carbocycles. The highest BCUT2D eigenvalue weighted by Gasteiger charge is 2.13. The van der Waals surface area contributed by atoms with E-state index in [1.165, 1.54) is 0 Å². The van der Waals surface area contributed by atoms with Gasteiger partial charge in [-0.3, -0.25) is 14.4 Å². The Morgan fingerprint density at radius 1 is 0.812 bits per heavy atom. The van der Waals surface area contributed by atoms with Gasteiger partial charge in [-0.2, -0.15) is 0 Å². The number of nitrogens with one attached hydrogen (secondary N) is 3. The Hall–Kier alpha value is -3.93. The number of benzene rings is 3. The molecule has 3 rings (SSSR count). The van der Waals surface area contributed by atoms with Gasteiger partial charge >= 0.3 is 0 Å². The predicted molar refractivity (Wildman–Crippen MR) is 125 cm³/mol. The van der Waals surface area contributed by atoms with Crippen molar-refractivity contribution in [1.29, 1.82) is 0 Å². The van der Waals surface area contributed by atoms with Crippen LogP contribution in [-0.2, 0) is 11.3 Å². The third kappa shape index (κ3) is 6.80. The molecule has 32 heavy (non-hydrogen) atoms. The Bertz CT molecular complexity index is 1080. The molecule has 3 aromatic carbocycles. The van der Waals surface area contributed by atoms with Crippen molar-refractivity contribution in [1.82, 2.24) is 10.6 Å². The van der Waals surface area contributed by atoms with Crippen LogP contribution in [0.15, 0.2) is 78.9 Å². The third-order valence-corrected chi connectivity index (χ3v) is 4.89. The van der Waals surface area contributed by atoms with Gasteiger partial charge in [0.25, 0.3) is 11.8 Å². The second kappa shape index (κ2) is 10.9. The molecule has 3 amide bonds. The van der Waals surface area contributed by atoms with E-state index in [-0.39, 0.29) is 30.2 Å². The minimum Gasteiger partial charge on any atom is -0.352 e. The standard InChI is InChI=1S/C26H27N3O3/c1-18-11-13-22(14-12-18)26(32)29-23-10-6-7-20(16-23)17-27-24(30)15-19(2)28-25(31)21-8-4-3-5-9-21/h3-14,16,19H,15,17H2,1-2H3,(H,27,30)(H,28,31)(H,29,32). The quantitative estimate of drug-likeness (QED) is 0.504. The number of carbonyl (C=O) groups excluding carboxylic acids is 3. The molecule has 1 atom stereocenters. The molecule has 6 nitrogen and oxygen atoms in total. The zero-order valence-corrected chi connectivity index (χ0v) is 18.2. The number of amides is 3. The fourth-order valence-corrected chi connectivity index (χ4v) is 3.17. The van der Waals surface area contributed by atoms with Crippen LogP contribution in [0.25, 0.3) is 0 Å². The molecule has 0 aliphatic carbocycles.